The molecule has 45 heavy (non-hydrogen) atoms. The van der Waals surface area contributed by atoms with Gasteiger partial charge in [-0.2, -0.15) is 0 Å². The molecule has 8 aromatic carbocycles. The van der Waals surface area contributed by atoms with E-state index >= 15 is 0 Å². The Morgan fingerprint density at radius 2 is 0.911 bits per heavy atom. The van der Waals surface area contributed by atoms with E-state index in [0.717, 1.165) is 0 Å². The van der Waals surface area contributed by atoms with Crippen LogP contribution in [0.25, 0.3) is 88.0 Å². The van der Waals surface area contributed by atoms with E-state index in [0.29, 0.717) is 32.7 Å². The first-order valence-electron chi connectivity index (χ1n) is 21.7. The minimum absolute atomic E-state index is 0.0119. The summed E-state index contributed by atoms with van der Waals surface area (Å²) in [5.74, 6) is 0. The van der Waals surface area contributed by atoms with E-state index in [1.165, 1.54) is 0 Å². The van der Waals surface area contributed by atoms with Gasteiger partial charge in [-0.1, -0.05) is 157 Å². The molecule has 0 saturated heterocycles. The van der Waals surface area contributed by atoms with Gasteiger partial charge in [-0.05, 0) is 72.6 Å². The van der Waals surface area contributed by atoms with Crippen LogP contribution in [-0.2, 0) is 0 Å². The van der Waals surface area contributed by atoms with Crippen molar-refractivity contribution in [3.05, 3.63) is 169 Å². The van der Waals surface area contributed by atoms with Gasteiger partial charge in [-0.25, -0.2) is 0 Å². The average molecular weight is 588 g/mol. The van der Waals surface area contributed by atoms with Gasteiger partial charge in [0.05, 0.1) is 20.6 Å². The summed E-state index contributed by atoms with van der Waals surface area (Å²) in [4.78, 5) is 0. The number of rotatable bonds is 4. The number of furan rings is 1. The molecule has 210 valence electrons. The smallest absolute Gasteiger partial charge is 0.143 e. The Hall–Kier alpha value is -5.92. The Kier molecular flexibility index (Phi) is 3.39. The van der Waals surface area contributed by atoms with Crippen LogP contribution in [0.3, 0.4) is 0 Å². The van der Waals surface area contributed by atoms with Crippen LogP contribution in [0.15, 0.2) is 174 Å². The van der Waals surface area contributed by atoms with Crippen molar-refractivity contribution in [1.29, 1.82) is 0 Å². The summed E-state index contributed by atoms with van der Waals surface area (Å²) in [7, 11) is 0. The van der Waals surface area contributed by atoms with Crippen molar-refractivity contribution < 1.29 is 25.0 Å². The third-order valence-electron chi connectivity index (χ3n) is 7.99. The summed E-state index contributed by atoms with van der Waals surface area (Å²) in [5.41, 5.74) is -0.0916. The molecule has 9 aromatic rings. The highest BCUT2D eigenvalue weighted by atomic mass is 16.3. The third-order valence-corrected chi connectivity index (χ3v) is 7.99. The maximum Gasteiger partial charge on any atom is 0.143 e. The lowest BCUT2D eigenvalue weighted by atomic mass is 9.83. The van der Waals surface area contributed by atoms with Crippen molar-refractivity contribution in [2.75, 3.05) is 0 Å². The van der Waals surface area contributed by atoms with Gasteiger partial charge < -0.3 is 4.42 Å². The maximum absolute atomic E-state index is 9.74. The lowest BCUT2D eigenvalue weighted by Gasteiger charge is -2.20. The first-order chi connectivity index (χ1) is 28.6. The number of hydrogen-bond donors (Lipinski definition) is 0. The van der Waals surface area contributed by atoms with Crippen molar-refractivity contribution in [3.8, 4) is 44.5 Å². The second-order valence-electron chi connectivity index (χ2n) is 10.5. The van der Waals surface area contributed by atoms with Gasteiger partial charge in [0.2, 0.25) is 0 Å². The summed E-state index contributed by atoms with van der Waals surface area (Å²) >= 11 is 0. The van der Waals surface area contributed by atoms with Crippen molar-refractivity contribution in [1.82, 2.24) is 0 Å². The zero-order chi connectivity index (χ0) is 42.8. The molecule has 0 atom stereocenters. The first-order valence-corrected chi connectivity index (χ1v) is 14.2. The minimum atomic E-state index is -0.695. The summed E-state index contributed by atoms with van der Waals surface area (Å²) in [6.07, 6.45) is 0. The van der Waals surface area contributed by atoms with Crippen LogP contribution in [0.1, 0.15) is 20.6 Å². The lowest BCUT2D eigenvalue weighted by Crippen LogP contribution is -1.93. The highest BCUT2D eigenvalue weighted by molar-refractivity contribution is 6.24. The highest BCUT2D eigenvalue weighted by Crippen LogP contribution is 2.48. The van der Waals surface area contributed by atoms with Crippen LogP contribution in [0, 0.1) is 0 Å². The number of fused-ring (bicyclic) bond motifs is 5. The zero-order valence-electron chi connectivity index (χ0n) is 38.4. The Morgan fingerprint density at radius 1 is 0.356 bits per heavy atom. The van der Waals surface area contributed by atoms with E-state index in [9.17, 15) is 5.48 Å². The highest BCUT2D eigenvalue weighted by Gasteiger charge is 2.22. The summed E-state index contributed by atoms with van der Waals surface area (Å²) in [6.45, 7) is 0. The van der Waals surface area contributed by atoms with Gasteiger partial charge >= 0.3 is 0 Å². The van der Waals surface area contributed by atoms with Crippen LogP contribution >= 0.6 is 0 Å². The van der Waals surface area contributed by atoms with E-state index < -0.39 is 72.0 Å². The second-order valence-corrected chi connectivity index (χ2v) is 10.5. The van der Waals surface area contributed by atoms with Crippen LogP contribution < -0.4 is 0 Å². The molecule has 0 fully saturated rings. The molecule has 0 unspecified atom stereocenters. The Labute approximate surface area is 282 Å². The molecule has 1 heteroatoms. The molecule has 0 radical (unpaired) electrons. The molecular weight excluding hydrogens is 544 g/mol. The standard InChI is InChI=1S/C44H28O/c1-3-13-29(14-4-1)30-23-25-32(26-24-30)41-34-18-7-9-20-36(34)43(37-21-10-8-19-35(37)41)39-28-27-38-33-17-11-12-22-40(33)45-44(38)42(39)31-15-5-2-6-16-31/h1-28H/i2D,5D,6D,11D,12D,15D,16D,17D,22D,23D,24D,25D,26D,27D,28D. The summed E-state index contributed by atoms with van der Waals surface area (Å²) in [6, 6.07) is 14.5. The fourth-order valence-electron chi connectivity index (χ4n) is 6.07. The molecule has 0 aliphatic carbocycles. The van der Waals surface area contributed by atoms with Gasteiger partial charge in [0, 0.05) is 16.3 Å². The fraction of sp³-hybridized carbons (Fsp3) is 0. The minimum Gasteiger partial charge on any atom is -0.455 e. The molecule has 0 saturated carbocycles. The molecule has 0 spiro atoms. The van der Waals surface area contributed by atoms with Crippen LogP contribution in [-0.4, -0.2) is 0 Å². The third kappa shape index (κ3) is 4.09. The van der Waals surface area contributed by atoms with E-state index in [1.807, 2.05) is 0 Å². The molecule has 0 amide bonds. The normalized spacial score (nSPS) is 16.2. The molecule has 1 heterocycles. The van der Waals surface area contributed by atoms with Crippen molar-refractivity contribution >= 4 is 43.5 Å². The van der Waals surface area contributed by atoms with Crippen LogP contribution in [0.2, 0.25) is 0 Å². The van der Waals surface area contributed by atoms with E-state index in [1.54, 1.807) is 78.9 Å². The molecule has 9 rings (SSSR count). The number of hydrogen-bond acceptors (Lipinski definition) is 1. The SMILES string of the molecule is [2H]c1c([2H])c([2H])c(-c2c(-c3c4ccccc4c(-c4c([2H])c([2H])c(-c5ccccc5)c([2H])c4[2H])c4ccccc34)c([2H])c([2H])c3c2oc2c([2H])c([2H])c([2H])c([2H])c23)c([2H])c1[2H]. The molecular formula is C44H28O. The van der Waals surface area contributed by atoms with Gasteiger partial charge in [0.1, 0.15) is 11.2 Å². The molecule has 1 aromatic heterocycles. The number of benzene rings is 8. The van der Waals surface area contributed by atoms with E-state index in [4.69, 9.17) is 19.5 Å². The van der Waals surface area contributed by atoms with E-state index in [2.05, 4.69) is 0 Å². The second kappa shape index (κ2) is 10.4. The monoisotopic (exact) mass is 587 g/mol. The van der Waals surface area contributed by atoms with Gasteiger partial charge in [-0.15, -0.1) is 0 Å². The maximum atomic E-state index is 9.74. The predicted molar refractivity (Wildman–Crippen MR) is 190 cm³/mol. The Morgan fingerprint density at radius 3 is 1.60 bits per heavy atom. The van der Waals surface area contributed by atoms with Crippen LogP contribution in [0.5, 0.6) is 0 Å². The summed E-state index contributed by atoms with van der Waals surface area (Å²) < 4.78 is 141. The zero-order valence-corrected chi connectivity index (χ0v) is 23.4. The largest absolute Gasteiger partial charge is 0.455 e. The lowest BCUT2D eigenvalue weighted by molar-refractivity contribution is 0.670. The molecule has 0 bridgehead atoms. The molecule has 1 nitrogen and oxygen atoms in total. The predicted octanol–water partition coefficient (Wildman–Crippen LogP) is 12.6. The Balaban J connectivity index is 1.52. The van der Waals surface area contributed by atoms with Gasteiger partial charge in [-0.3, -0.25) is 0 Å². The first kappa shape index (κ1) is 14.7. The topological polar surface area (TPSA) is 13.1 Å². The van der Waals surface area contributed by atoms with Crippen molar-refractivity contribution in [2.24, 2.45) is 0 Å². The Bertz CT molecular complexity index is 3260. The quantitative estimate of drug-likeness (QED) is 0.187. The van der Waals surface area contributed by atoms with Gasteiger partial charge in [0.15, 0.2) is 0 Å². The van der Waals surface area contributed by atoms with Crippen molar-refractivity contribution in [3.63, 3.8) is 0 Å². The number of para-hydroxylation sites is 1. The average Bonchev–Trinajstić information content (AvgIpc) is 3.66. The van der Waals surface area contributed by atoms with Gasteiger partial charge in [0.25, 0.3) is 0 Å². The fourth-order valence-corrected chi connectivity index (χ4v) is 6.07. The van der Waals surface area contributed by atoms with Crippen molar-refractivity contribution in [2.45, 2.75) is 0 Å². The molecule has 0 aliphatic rings. The summed E-state index contributed by atoms with van der Waals surface area (Å²) in [5, 5.41) is 1.19. The molecule has 0 aliphatic heterocycles. The molecule has 0 N–H and O–H groups in total. The van der Waals surface area contributed by atoms with E-state index in [-0.39, 0.29) is 73.9 Å². The van der Waals surface area contributed by atoms with Crippen LogP contribution in [0.4, 0.5) is 0 Å².